The van der Waals surface area contributed by atoms with Crippen LogP contribution < -0.4 is 24.8 Å². The molecule has 652 valence electrons. The second-order valence-corrected chi connectivity index (χ2v) is 36.2. The van der Waals surface area contributed by atoms with E-state index in [-0.39, 0.29) is 108 Å². The smallest absolute Gasteiger partial charge is 0.410 e. The first-order chi connectivity index (χ1) is 57.6. The second-order valence-electron chi connectivity index (χ2n) is 36.2. The van der Waals surface area contributed by atoms with E-state index >= 15 is 0 Å². The highest BCUT2D eigenvalue weighted by Crippen LogP contribution is 2.53. The first-order valence-corrected chi connectivity index (χ1v) is 41.8. The van der Waals surface area contributed by atoms with Crippen molar-refractivity contribution in [3.8, 4) is 5.75 Å². The van der Waals surface area contributed by atoms with Gasteiger partial charge in [0.1, 0.15) is 79.1 Å². The average molecular weight is 1700 g/mol. The van der Waals surface area contributed by atoms with Gasteiger partial charge in [-0.25, -0.2) is 46.7 Å². The number of amides is 8. The molecule has 0 bridgehead atoms. The number of alkyl halides is 3. The van der Waals surface area contributed by atoms with Crippen molar-refractivity contribution in [2.45, 2.75) is 231 Å². The number of hydrogen-bond acceptors (Lipinski definition) is 15. The Balaban J connectivity index is 0.000000135. The van der Waals surface area contributed by atoms with Gasteiger partial charge in [-0.05, 0) is 222 Å². The molecule has 10 aliphatic rings. The fraction of sp³-hybridized carbons (Fsp3) is 0.511. The topological polar surface area (TPSA) is 253 Å². The van der Waals surface area contributed by atoms with Gasteiger partial charge in [0.2, 0.25) is 23.6 Å². The van der Waals surface area contributed by atoms with Gasteiger partial charge in [-0.15, -0.1) is 0 Å². The van der Waals surface area contributed by atoms with Gasteiger partial charge in [-0.1, -0.05) is 49.7 Å². The highest BCUT2D eigenvalue weighted by Gasteiger charge is 2.64. The van der Waals surface area contributed by atoms with Crippen LogP contribution in [0.1, 0.15) is 190 Å². The molecule has 2 aromatic heterocycles. The molecule has 10 heterocycles. The van der Waals surface area contributed by atoms with Crippen molar-refractivity contribution < 1.29 is 92.8 Å². The molecule has 7 aromatic rings. The number of carbonyl (C=O) groups is 8. The molecule has 8 amide bonds. The molecule has 25 nitrogen and oxygen atoms in total. The minimum atomic E-state index is -4.25. The number of ether oxygens (including phenoxy) is 5. The lowest BCUT2D eigenvalue weighted by Gasteiger charge is -2.46. The Morgan fingerprint density at radius 1 is 0.451 bits per heavy atom. The van der Waals surface area contributed by atoms with Crippen molar-refractivity contribution in [2.24, 2.45) is 0 Å². The van der Waals surface area contributed by atoms with Crippen LogP contribution in [0.25, 0.3) is 0 Å². The number of anilines is 4. The zero-order valence-electron chi connectivity index (χ0n) is 71.0. The number of aryl methyl sites for hydroxylation is 2. The van der Waals surface area contributed by atoms with Crippen LogP contribution >= 0.6 is 0 Å². The number of likely N-dealkylation sites (tertiary alicyclic amines) is 4. The monoisotopic (exact) mass is 1690 g/mol. The van der Waals surface area contributed by atoms with Crippen LogP contribution in [0.5, 0.6) is 5.75 Å². The zero-order chi connectivity index (χ0) is 87.7. The maximum atomic E-state index is 14.4. The van der Waals surface area contributed by atoms with Gasteiger partial charge >= 0.3 is 30.5 Å². The molecule has 0 radical (unpaired) electrons. The van der Waals surface area contributed by atoms with E-state index in [0.717, 1.165) is 122 Å². The molecule has 5 aromatic carbocycles. The van der Waals surface area contributed by atoms with Gasteiger partial charge in [0.05, 0.1) is 61.8 Å². The summed E-state index contributed by atoms with van der Waals surface area (Å²) in [5, 5.41) is 2.68. The Morgan fingerprint density at radius 2 is 0.811 bits per heavy atom. The van der Waals surface area contributed by atoms with E-state index in [4.69, 9.17) is 33.7 Å². The zero-order valence-corrected chi connectivity index (χ0v) is 71.0. The molecule has 0 unspecified atom stereocenters. The fourth-order valence-corrected chi connectivity index (χ4v) is 18.1. The highest BCUT2D eigenvalue weighted by molar-refractivity contribution is 6.12. The van der Waals surface area contributed by atoms with Crippen molar-refractivity contribution in [2.75, 3.05) is 86.1 Å². The fourth-order valence-electron chi connectivity index (χ4n) is 18.1. The van der Waals surface area contributed by atoms with Crippen LogP contribution in [0.4, 0.5) is 72.7 Å². The van der Waals surface area contributed by atoms with Crippen molar-refractivity contribution in [3.05, 3.63) is 183 Å². The van der Waals surface area contributed by atoms with Gasteiger partial charge in [0.15, 0.2) is 0 Å². The van der Waals surface area contributed by atoms with E-state index < -0.39 is 92.9 Å². The van der Waals surface area contributed by atoms with Gasteiger partial charge < -0.3 is 72.4 Å². The summed E-state index contributed by atoms with van der Waals surface area (Å²) in [7, 11) is 1.59. The molecule has 0 atom stereocenters. The summed E-state index contributed by atoms with van der Waals surface area (Å²) < 4.78 is 125. The number of nitrogens with zero attached hydrogens (tertiary/aromatic N) is 11. The van der Waals surface area contributed by atoms with E-state index in [9.17, 15) is 69.1 Å². The number of imidazole rings is 2. The van der Waals surface area contributed by atoms with Gasteiger partial charge in [-0.3, -0.25) is 19.2 Å². The third-order valence-corrected chi connectivity index (χ3v) is 23.9. The Hall–Kier alpha value is -11.2. The summed E-state index contributed by atoms with van der Waals surface area (Å²) in [5.41, 5.74) is 4.73. The Morgan fingerprint density at radius 3 is 1.19 bits per heavy atom. The number of aromatic nitrogens is 4. The molecule has 0 saturated carbocycles. The first kappa shape index (κ1) is 87.1. The largest absolute Gasteiger partial charge is 0.497 e. The predicted octanol–water partition coefficient (Wildman–Crippen LogP) is 15.4. The van der Waals surface area contributed by atoms with Crippen LogP contribution in [0.15, 0.2) is 97.1 Å². The predicted molar refractivity (Wildman–Crippen MR) is 437 cm³/mol. The number of halogens is 7. The number of methoxy groups -OCH3 is 1. The number of nitrogens with one attached hydrogen (secondary N) is 1. The van der Waals surface area contributed by atoms with Crippen LogP contribution in [-0.2, 0) is 118 Å². The van der Waals surface area contributed by atoms with E-state index in [1.54, 1.807) is 115 Å². The minimum Gasteiger partial charge on any atom is -0.497 e. The summed E-state index contributed by atoms with van der Waals surface area (Å²) >= 11 is 0. The summed E-state index contributed by atoms with van der Waals surface area (Å²) in [6.45, 7) is 23.6. The molecule has 17 rings (SSSR count). The lowest BCUT2D eigenvalue weighted by molar-refractivity contribution is -0.136. The molecular formula is C90H105F7N12O13. The third-order valence-electron chi connectivity index (χ3n) is 23.9. The SMILES string of the molecule is CC(C)(C)OC(=O)N1CC2(C1)C(=O)N(Cc1nc3c(n1CCCC(F)(F)F)CCCC3)c1cc(F)ccc12.CC(C)(C)OC(=O)N1CC2(C1)C(=O)Nc1cc(F)ccc12.CCCCn1c(CN2C(=O)C3(CN(C(=O)OCC)C3)c3ccc(F)cc32)nc2c1CCCC2.COc1ccc(CN2C(=O)C3(CN(C(=O)OC(C)(C)C)C3)c3ccc(F)cc32)cc1. The first-order valence-electron chi connectivity index (χ1n) is 41.8. The van der Waals surface area contributed by atoms with Crippen molar-refractivity contribution >= 4 is 70.8 Å². The van der Waals surface area contributed by atoms with Crippen molar-refractivity contribution in [3.63, 3.8) is 0 Å². The van der Waals surface area contributed by atoms with Crippen LogP contribution in [0, 0.1) is 23.3 Å². The standard InChI is InChI=1S/C27H32F4N4O3.C25H31FN4O3.C23H25FN2O4.C15H17FN2O3/c1-25(2,3)38-24(37)33-15-26(16-33)18-10-9-17(28)13-21(18)35(23(26)36)14-22-32-19-7-4-5-8-20(19)34(22)12-6-11-27(29,30)31;1-3-5-12-29-20-9-7-6-8-19(20)27-22(29)14-30-21-13-17(26)10-11-18(21)25(23(30)31)15-28(16-25)24(32)33-4-2;1-22(2,3)30-21(28)25-13-23(14-25)18-10-7-16(24)11-19(18)26(20(23)27)12-15-5-8-17(29-4)9-6-15;1-14(2,3)21-13(20)18-7-15(8-18)10-5-4-9(16)6-11(10)17-12(15)19/h9-10,13H,4-8,11-12,14-16H2,1-3H3;10-11,13H,3-9,12,14-16H2,1-2H3;5-11H,12-14H2,1-4H3;4-6H,7-8H2,1-3H3,(H,17,19). The maximum Gasteiger partial charge on any atom is 0.410 e. The molecule has 2 aliphatic carbocycles. The number of unbranched alkanes of at least 4 members (excludes halogenated alkanes) is 1. The van der Waals surface area contributed by atoms with Crippen LogP contribution in [-0.4, -0.2) is 176 Å². The molecule has 4 spiro atoms. The van der Waals surface area contributed by atoms with E-state index in [2.05, 4.69) is 16.8 Å². The maximum absolute atomic E-state index is 14.4. The second kappa shape index (κ2) is 33.2. The van der Waals surface area contributed by atoms with E-state index in [1.807, 2.05) is 28.8 Å². The highest BCUT2D eigenvalue weighted by atomic mass is 19.4. The van der Waals surface area contributed by atoms with Crippen molar-refractivity contribution in [1.29, 1.82) is 0 Å². The van der Waals surface area contributed by atoms with Crippen molar-refractivity contribution in [1.82, 2.24) is 38.7 Å². The molecule has 32 heteroatoms. The molecule has 4 saturated heterocycles. The van der Waals surface area contributed by atoms with Crippen LogP contribution in [0.2, 0.25) is 0 Å². The number of carbonyl (C=O) groups excluding carboxylic acids is 8. The lowest BCUT2D eigenvalue weighted by Crippen LogP contribution is -2.65. The molecule has 4 fully saturated rings. The molecular weight excluding hydrogens is 1590 g/mol. The van der Waals surface area contributed by atoms with Gasteiger partial charge in [0.25, 0.3) is 0 Å². The number of hydrogen-bond donors (Lipinski definition) is 1. The van der Waals surface area contributed by atoms with E-state index in [0.29, 0.717) is 47.2 Å². The number of rotatable bonds is 14. The Labute approximate surface area is 704 Å². The Kier molecular flexibility index (Phi) is 23.7. The van der Waals surface area contributed by atoms with Crippen LogP contribution in [0.3, 0.4) is 0 Å². The third kappa shape index (κ3) is 17.1. The normalized spacial score (nSPS) is 18.2. The summed E-state index contributed by atoms with van der Waals surface area (Å²) in [5.74, 6) is -0.263. The Bertz CT molecular complexity index is 5230. The minimum absolute atomic E-state index is 0.0164. The number of fused-ring (bicyclic) bond motifs is 10. The molecule has 1 N–H and O–H groups in total. The van der Waals surface area contributed by atoms with Gasteiger partial charge in [0, 0.05) is 88.9 Å². The lowest BCUT2D eigenvalue weighted by atomic mass is 9.75. The number of benzene rings is 5. The van der Waals surface area contributed by atoms with Gasteiger partial charge in [-0.2, -0.15) is 13.2 Å². The summed E-state index contributed by atoms with van der Waals surface area (Å²) in [4.78, 5) is 123. The summed E-state index contributed by atoms with van der Waals surface area (Å²) in [6.07, 6.45) is 2.70. The molecule has 8 aliphatic heterocycles. The average Bonchev–Trinajstić information content (AvgIpc) is 1.55. The molecule has 122 heavy (non-hydrogen) atoms. The summed E-state index contributed by atoms with van der Waals surface area (Å²) in [6, 6.07) is 24.8. The quantitative estimate of drug-likeness (QED) is 0.0785. The van der Waals surface area contributed by atoms with E-state index in [1.165, 1.54) is 73.8 Å².